The molecule has 4 aromatic rings. The molecule has 1 atom stereocenters. The summed E-state index contributed by atoms with van der Waals surface area (Å²) in [5.41, 5.74) is 4.67. The lowest BCUT2D eigenvalue weighted by molar-refractivity contribution is 0.0935. The van der Waals surface area contributed by atoms with Crippen molar-refractivity contribution in [2.75, 3.05) is 19.1 Å². The summed E-state index contributed by atoms with van der Waals surface area (Å²) in [4.78, 5) is 30.0. The van der Waals surface area contributed by atoms with Crippen LogP contribution in [0, 0.1) is 6.92 Å². The van der Waals surface area contributed by atoms with Gasteiger partial charge in [0.25, 0.3) is 5.56 Å². The Morgan fingerprint density at radius 2 is 1.81 bits per heavy atom. The number of hydrazone groups is 1. The third-order valence-electron chi connectivity index (χ3n) is 6.10. The predicted molar refractivity (Wildman–Crippen MR) is 142 cm³/mol. The number of methoxy groups -OCH3 is 1. The summed E-state index contributed by atoms with van der Waals surface area (Å²) >= 11 is 0. The Kier molecular flexibility index (Phi) is 7.44. The maximum atomic E-state index is 13.1. The van der Waals surface area contributed by atoms with Gasteiger partial charge in [-0.1, -0.05) is 18.2 Å². The highest BCUT2D eigenvalue weighted by Gasteiger charge is 2.21. The van der Waals surface area contributed by atoms with Crippen molar-refractivity contribution in [2.24, 2.45) is 19.2 Å². The molecule has 37 heavy (non-hydrogen) atoms. The second-order valence-electron chi connectivity index (χ2n) is 8.69. The molecule has 2 heterocycles. The van der Waals surface area contributed by atoms with Gasteiger partial charge in [0.2, 0.25) is 5.95 Å². The second-order valence-corrected chi connectivity index (χ2v) is 8.69. The lowest BCUT2D eigenvalue weighted by Crippen LogP contribution is -2.38. The highest BCUT2D eigenvalue weighted by molar-refractivity contribution is 5.99. The van der Waals surface area contributed by atoms with Crippen molar-refractivity contribution >= 4 is 22.8 Å². The fourth-order valence-corrected chi connectivity index (χ4v) is 3.91. The van der Waals surface area contributed by atoms with Crippen LogP contribution in [-0.4, -0.2) is 49.3 Å². The average Bonchev–Trinajstić information content (AvgIpc) is 3.26. The lowest BCUT2D eigenvalue weighted by atomic mass is 10.1. The number of fused-ring (bicyclic) bond motifs is 1. The van der Waals surface area contributed by atoms with E-state index in [4.69, 9.17) is 9.47 Å². The topological polar surface area (TPSA) is 125 Å². The number of aliphatic hydroxyl groups is 1. The number of nitrogens with one attached hydrogen (secondary N) is 1. The minimum atomic E-state index is -0.980. The molecular weight excluding hydrogens is 476 g/mol. The maximum Gasteiger partial charge on any atom is 0.332 e. The van der Waals surface area contributed by atoms with E-state index in [0.717, 1.165) is 21.4 Å². The van der Waals surface area contributed by atoms with Crippen LogP contribution in [-0.2, 0) is 20.6 Å². The van der Waals surface area contributed by atoms with Gasteiger partial charge in [0.15, 0.2) is 11.2 Å². The van der Waals surface area contributed by atoms with Gasteiger partial charge in [-0.25, -0.2) is 10.2 Å². The predicted octanol–water partition coefficient (Wildman–Crippen LogP) is 2.03. The van der Waals surface area contributed by atoms with Gasteiger partial charge in [-0.15, -0.1) is 0 Å². The third kappa shape index (κ3) is 5.26. The van der Waals surface area contributed by atoms with Crippen LogP contribution >= 0.6 is 0 Å². The summed E-state index contributed by atoms with van der Waals surface area (Å²) in [5.74, 6) is 1.59. The van der Waals surface area contributed by atoms with Crippen LogP contribution in [0.5, 0.6) is 11.5 Å². The lowest BCUT2D eigenvalue weighted by Gasteiger charge is -2.16. The van der Waals surface area contributed by atoms with Gasteiger partial charge in [-0.05, 0) is 55.3 Å². The van der Waals surface area contributed by atoms with Crippen molar-refractivity contribution in [2.45, 2.75) is 26.5 Å². The number of aromatic nitrogens is 4. The van der Waals surface area contributed by atoms with Crippen molar-refractivity contribution in [3.8, 4) is 11.5 Å². The van der Waals surface area contributed by atoms with Crippen molar-refractivity contribution in [1.82, 2.24) is 18.7 Å². The number of rotatable bonds is 9. The zero-order valence-corrected chi connectivity index (χ0v) is 21.4. The van der Waals surface area contributed by atoms with Gasteiger partial charge in [-0.2, -0.15) is 10.1 Å². The van der Waals surface area contributed by atoms with Gasteiger partial charge < -0.3 is 19.1 Å². The number of para-hydroxylation sites is 1. The Morgan fingerprint density at radius 3 is 2.49 bits per heavy atom. The summed E-state index contributed by atoms with van der Waals surface area (Å²) in [6.07, 6.45) is -0.980. The minimum absolute atomic E-state index is 0.00973. The summed E-state index contributed by atoms with van der Waals surface area (Å²) in [7, 11) is 4.53. The van der Waals surface area contributed by atoms with Crippen LogP contribution in [0.25, 0.3) is 11.2 Å². The number of ether oxygens (including phenoxy) is 2. The summed E-state index contributed by atoms with van der Waals surface area (Å²) in [6, 6.07) is 14.9. The van der Waals surface area contributed by atoms with Crippen LogP contribution < -0.4 is 26.1 Å². The van der Waals surface area contributed by atoms with Gasteiger partial charge in [0, 0.05) is 14.1 Å². The molecule has 0 saturated carbocycles. The second kappa shape index (κ2) is 10.7. The Morgan fingerprint density at radius 1 is 1.11 bits per heavy atom. The Balaban J connectivity index is 1.68. The zero-order chi connectivity index (χ0) is 26.7. The van der Waals surface area contributed by atoms with Crippen LogP contribution in [0.1, 0.15) is 18.1 Å². The molecule has 11 nitrogen and oxygen atoms in total. The van der Waals surface area contributed by atoms with E-state index >= 15 is 0 Å². The number of nitrogens with zero attached hydrogens (tertiary/aromatic N) is 5. The van der Waals surface area contributed by atoms with E-state index in [1.807, 2.05) is 62.4 Å². The van der Waals surface area contributed by atoms with E-state index in [1.54, 1.807) is 7.11 Å². The van der Waals surface area contributed by atoms with Crippen molar-refractivity contribution in [3.05, 3.63) is 80.5 Å². The molecule has 0 radical (unpaired) electrons. The Hall–Kier alpha value is -4.38. The molecule has 11 heteroatoms. The number of anilines is 1. The van der Waals surface area contributed by atoms with E-state index in [1.165, 1.54) is 23.2 Å². The quantitative estimate of drug-likeness (QED) is 0.263. The number of imidazole rings is 1. The van der Waals surface area contributed by atoms with E-state index in [9.17, 15) is 14.7 Å². The number of aliphatic hydroxyl groups excluding tert-OH is 1. The maximum absolute atomic E-state index is 13.1. The SMILES string of the molecule is COc1ccc(/C(C)=N\Nc2nc3c(c(=O)n(C)c(=O)n3C)n2C[C@@H](O)COc2ccccc2C)cc1. The minimum Gasteiger partial charge on any atom is -0.497 e. The molecule has 2 aromatic heterocycles. The summed E-state index contributed by atoms with van der Waals surface area (Å²) in [6.45, 7) is 3.71. The van der Waals surface area contributed by atoms with E-state index in [2.05, 4.69) is 15.5 Å². The molecule has 0 aliphatic heterocycles. The fraction of sp³-hybridized carbons (Fsp3) is 0.308. The number of benzene rings is 2. The van der Waals surface area contributed by atoms with Crippen LogP contribution in [0.3, 0.4) is 0 Å². The van der Waals surface area contributed by atoms with Gasteiger partial charge in [0.1, 0.15) is 24.2 Å². The molecule has 4 rings (SSSR count). The van der Waals surface area contributed by atoms with Crippen molar-refractivity contribution in [3.63, 3.8) is 0 Å². The first-order valence-corrected chi connectivity index (χ1v) is 11.7. The van der Waals surface area contributed by atoms with Crippen molar-refractivity contribution < 1.29 is 14.6 Å². The first-order chi connectivity index (χ1) is 17.7. The van der Waals surface area contributed by atoms with Gasteiger partial charge in [-0.3, -0.25) is 13.9 Å². The molecule has 0 aliphatic rings. The van der Waals surface area contributed by atoms with Crippen LogP contribution in [0.2, 0.25) is 0 Å². The molecule has 0 saturated heterocycles. The van der Waals surface area contributed by atoms with Crippen molar-refractivity contribution in [1.29, 1.82) is 0 Å². The van der Waals surface area contributed by atoms with Gasteiger partial charge in [0.05, 0.1) is 19.4 Å². The Bertz CT molecular complexity index is 1570. The molecule has 0 unspecified atom stereocenters. The van der Waals surface area contributed by atoms with Crippen LogP contribution in [0.15, 0.2) is 63.2 Å². The Labute approximate surface area is 213 Å². The van der Waals surface area contributed by atoms with E-state index < -0.39 is 17.4 Å². The molecule has 0 amide bonds. The summed E-state index contributed by atoms with van der Waals surface area (Å²) in [5, 5.41) is 15.2. The number of hydrogen-bond acceptors (Lipinski definition) is 8. The molecule has 0 fully saturated rings. The van der Waals surface area contributed by atoms with Crippen LogP contribution in [0.4, 0.5) is 5.95 Å². The molecular formula is C26H30N6O5. The normalized spacial score (nSPS) is 12.5. The van der Waals surface area contributed by atoms with Gasteiger partial charge >= 0.3 is 5.69 Å². The third-order valence-corrected chi connectivity index (χ3v) is 6.10. The standard InChI is InChI=1S/C26H30N6O5/c1-16-8-6-7-9-21(16)37-15-19(33)14-32-22-23(30(3)26(35)31(4)24(22)34)27-25(32)29-28-17(2)18-10-12-20(36-5)13-11-18/h6-13,19,33H,14-15H2,1-5H3,(H,27,29)/b28-17-/t19-/m1/s1. The molecule has 0 aliphatic carbocycles. The smallest absolute Gasteiger partial charge is 0.332 e. The number of hydrogen-bond donors (Lipinski definition) is 2. The summed E-state index contributed by atoms with van der Waals surface area (Å²) < 4.78 is 14.8. The molecule has 2 aromatic carbocycles. The molecule has 0 spiro atoms. The highest BCUT2D eigenvalue weighted by Crippen LogP contribution is 2.19. The first kappa shape index (κ1) is 25.7. The first-order valence-electron chi connectivity index (χ1n) is 11.7. The van der Waals surface area contributed by atoms with E-state index in [0.29, 0.717) is 11.5 Å². The highest BCUT2D eigenvalue weighted by atomic mass is 16.5. The fourth-order valence-electron chi connectivity index (χ4n) is 3.91. The molecule has 194 valence electrons. The largest absolute Gasteiger partial charge is 0.497 e. The molecule has 2 N–H and O–H groups in total. The van der Waals surface area contributed by atoms with E-state index in [-0.39, 0.29) is 30.3 Å². The monoisotopic (exact) mass is 506 g/mol. The average molecular weight is 507 g/mol. The number of aryl methyl sites for hydroxylation is 2. The zero-order valence-electron chi connectivity index (χ0n) is 21.4. The molecule has 0 bridgehead atoms.